The highest BCUT2D eigenvalue weighted by molar-refractivity contribution is 6.04. The molecule has 6 nitrogen and oxygen atoms in total. The summed E-state index contributed by atoms with van der Waals surface area (Å²) >= 11 is 0. The molecule has 1 aliphatic carbocycles. The van der Waals surface area contributed by atoms with Crippen molar-refractivity contribution in [1.29, 1.82) is 0 Å². The number of amidine groups is 1. The summed E-state index contributed by atoms with van der Waals surface area (Å²) in [6, 6.07) is 7.87. The number of nitrogens with two attached hydrogens (primary N) is 1. The number of aliphatic imine (C=N–C) groups is 1. The summed E-state index contributed by atoms with van der Waals surface area (Å²) in [6.45, 7) is 8.15. The first-order chi connectivity index (χ1) is 16.2. The minimum absolute atomic E-state index is 0.276. The van der Waals surface area contributed by atoms with Gasteiger partial charge in [-0.05, 0) is 49.5 Å². The average Bonchev–Trinajstić information content (AvgIpc) is 3.38. The van der Waals surface area contributed by atoms with Gasteiger partial charge >= 0.3 is 0 Å². The van der Waals surface area contributed by atoms with Crippen LogP contribution in [0.5, 0.6) is 5.75 Å². The quantitative estimate of drug-likeness (QED) is 0.562. The molecule has 1 unspecified atom stereocenters. The monoisotopic (exact) mass is 446 g/mol. The third-order valence-corrected chi connectivity index (χ3v) is 5.47. The van der Waals surface area contributed by atoms with Gasteiger partial charge in [-0.25, -0.2) is 9.98 Å². The number of aromatic amines is 1. The van der Waals surface area contributed by atoms with E-state index in [9.17, 15) is 0 Å². The molecule has 0 saturated carbocycles. The van der Waals surface area contributed by atoms with Gasteiger partial charge < -0.3 is 20.2 Å². The molecule has 1 atom stereocenters. The lowest BCUT2D eigenvalue weighted by atomic mass is 9.96. The lowest BCUT2D eigenvalue weighted by Gasteiger charge is -2.19. The zero-order valence-corrected chi connectivity index (χ0v) is 19.8. The van der Waals surface area contributed by atoms with Gasteiger partial charge in [-0.2, -0.15) is 0 Å². The van der Waals surface area contributed by atoms with Crippen LogP contribution in [0.25, 0.3) is 6.08 Å². The molecule has 2 aromatic rings. The fourth-order valence-corrected chi connectivity index (χ4v) is 3.90. The summed E-state index contributed by atoms with van der Waals surface area (Å²) in [5.41, 5.74) is 11.0. The van der Waals surface area contributed by atoms with Crippen molar-refractivity contribution in [3.8, 4) is 5.75 Å². The first kappa shape index (κ1) is 24.3. The second kappa shape index (κ2) is 12.0. The van der Waals surface area contributed by atoms with Crippen LogP contribution >= 0.6 is 0 Å². The van der Waals surface area contributed by atoms with E-state index in [1.807, 2.05) is 44.2 Å². The molecule has 0 radical (unpaired) electrons. The number of aromatic nitrogens is 2. The Bertz CT molecular complexity index is 1060. The standard InChI is InChI=1S/C25H28N4O2.C2H6/c1-3-8-19-20(15-27-25(19)26)24(30-2)17-11-13-18(14-12-17)31-16-23-28-21-9-6-4-5-7-10-22(21)29-23;1-2/h3,6,8-9,11-15,24H,1,4-5,7,10,16H2,2H3,(H2,26,27)(H,28,29);1-2H3/b9-6-,19-8-;. The summed E-state index contributed by atoms with van der Waals surface area (Å²) in [5, 5.41) is 0. The molecule has 1 aromatic heterocycles. The van der Waals surface area contributed by atoms with E-state index in [0.29, 0.717) is 12.4 Å². The maximum absolute atomic E-state index is 5.99. The molecule has 4 rings (SSSR count). The largest absolute Gasteiger partial charge is 0.486 e. The third kappa shape index (κ3) is 5.90. The van der Waals surface area contributed by atoms with Crippen LogP contribution in [0.4, 0.5) is 0 Å². The van der Waals surface area contributed by atoms with E-state index in [1.165, 1.54) is 18.5 Å². The molecule has 33 heavy (non-hydrogen) atoms. The van der Waals surface area contributed by atoms with E-state index in [-0.39, 0.29) is 6.10 Å². The number of benzene rings is 1. The highest BCUT2D eigenvalue weighted by Gasteiger charge is 2.24. The number of fused-ring (bicyclic) bond motifs is 1. The molecule has 0 saturated heterocycles. The first-order valence-corrected chi connectivity index (χ1v) is 11.6. The Hall–Kier alpha value is -3.38. The Morgan fingerprint density at radius 1 is 1.21 bits per heavy atom. The molecule has 1 aliphatic heterocycles. The number of hydrogen-bond donors (Lipinski definition) is 2. The highest BCUT2D eigenvalue weighted by atomic mass is 16.5. The number of nitrogens with zero attached hydrogens (tertiary/aromatic N) is 2. The molecule has 6 heteroatoms. The van der Waals surface area contributed by atoms with Crippen LogP contribution in [0.15, 0.2) is 71.4 Å². The van der Waals surface area contributed by atoms with Crippen LogP contribution in [0.1, 0.15) is 62.0 Å². The summed E-state index contributed by atoms with van der Waals surface area (Å²) in [4.78, 5) is 12.3. The van der Waals surface area contributed by atoms with E-state index in [4.69, 9.17) is 15.2 Å². The average molecular weight is 447 g/mol. The number of rotatable bonds is 7. The van der Waals surface area contributed by atoms with Gasteiger partial charge in [0.15, 0.2) is 0 Å². The summed E-state index contributed by atoms with van der Waals surface area (Å²) < 4.78 is 11.7. The Balaban J connectivity index is 0.00000149. The number of nitrogens with one attached hydrogen (secondary N) is 1. The normalized spacial score (nSPS) is 18.1. The van der Waals surface area contributed by atoms with Crippen molar-refractivity contribution in [2.45, 2.75) is 52.2 Å². The first-order valence-electron chi connectivity index (χ1n) is 11.6. The number of H-pyrrole nitrogens is 1. The highest BCUT2D eigenvalue weighted by Crippen LogP contribution is 2.34. The Kier molecular flexibility index (Phi) is 8.84. The maximum atomic E-state index is 5.99. The molecule has 2 heterocycles. The minimum atomic E-state index is -0.276. The van der Waals surface area contributed by atoms with Gasteiger partial charge in [0.25, 0.3) is 0 Å². The maximum Gasteiger partial charge on any atom is 0.146 e. The number of allylic oxidation sites excluding steroid dienone is 3. The number of aryl methyl sites for hydroxylation is 1. The smallest absolute Gasteiger partial charge is 0.146 e. The van der Waals surface area contributed by atoms with Crippen molar-refractivity contribution in [3.05, 3.63) is 89.2 Å². The second-order valence-corrected chi connectivity index (χ2v) is 7.58. The Morgan fingerprint density at radius 2 is 2.00 bits per heavy atom. The summed E-state index contributed by atoms with van der Waals surface area (Å²) in [5.74, 6) is 2.09. The van der Waals surface area contributed by atoms with Crippen LogP contribution in [0.3, 0.4) is 0 Å². The zero-order chi connectivity index (χ0) is 23.6. The summed E-state index contributed by atoms with van der Waals surface area (Å²) in [7, 11) is 1.67. The van der Waals surface area contributed by atoms with Crippen molar-refractivity contribution < 1.29 is 9.47 Å². The SMILES string of the molecule is C=C/C=C1/C(C(OC)c2ccc(OCc3nc4c([nH]3)CCCC/C=C\4)cc2)=CN=C1N.CC. The van der Waals surface area contributed by atoms with Crippen molar-refractivity contribution in [2.75, 3.05) is 7.11 Å². The van der Waals surface area contributed by atoms with Crippen LogP contribution in [0, 0.1) is 0 Å². The van der Waals surface area contributed by atoms with E-state index in [2.05, 4.69) is 33.7 Å². The van der Waals surface area contributed by atoms with Gasteiger partial charge in [0.05, 0.1) is 5.69 Å². The zero-order valence-electron chi connectivity index (χ0n) is 19.8. The van der Waals surface area contributed by atoms with Crippen molar-refractivity contribution in [2.24, 2.45) is 10.7 Å². The molecule has 0 fully saturated rings. The van der Waals surface area contributed by atoms with Gasteiger partial charge in [0.2, 0.25) is 0 Å². The molecule has 174 valence electrons. The third-order valence-electron chi connectivity index (χ3n) is 5.47. The molecular formula is C27H34N4O2. The number of imidazole rings is 1. The lowest BCUT2D eigenvalue weighted by Crippen LogP contribution is -2.16. The molecule has 0 amide bonds. The molecule has 0 spiro atoms. The molecule has 0 bridgehead atoms. The number of methoxy groups -OCH3 is 1. The fraction of sp³-hybridized carbons (Fsp3) is 0.333. The van der Waals surface area contributed by atoms with Gasteiger partial charge in [-0.15, -0.1) is 0 Å². The number of ether oxygens (including phenoxy) is 2. The predicted molar refractivity (Wildman–Crippen MR) is 135 cm³/mol. The molecule has 3 N–H and O–H groups in total. The van der Waals surface area contributed by atoms with Gasteiger partial charge in [0.1, 0.15) is 30.1 Å². The van der Waals surface area contributed by atoms with E-state index in [1.54, 1.807) is 19.4 Å². The molecule has 1 aromatic carbocycles. The lowest BCUT2D eigenvalue weighted by molar-refractivity contribution is 0.135. The van der Waals surface area contributed by atoms with Crippen molar-refractivity contribution in [1.82, 2.24) is 9.97 Å². The van der Waals surface area contributed by atoms with E-state index in [0.717, 1.165) is 46.8 Å². The van der Waals surface area contributed by atoms with Crippen LogP contribution in [-0.4, -0.2) is 22.9 Å². The van der Waals surface area contributed by atoms with Gasteiger partial charge in [0, 0.05) is 30.1 Å². The fourth-order valence-electron chi connectivity index (χ4n) is 3.90. The van der Waals surface area contributed by atoms with Crippen molar-refractivity contribution >= 4 is 11.9 Å². The van der Waals surface area contributed by atoms with Crippen LogP contribution < -0.4 is 10.5 Å². The molecular weight excluding hydrogens is 412 g/mol. The van der Waals surface area contributed by atoms with E-state index < -0.39 is 0 Å². The minimum Gasteiger partial charge on any atom is -0.486 e. The Labute approximate surface area is 196 Å². The predicted octanol–water partition coefficient (Wildman–Crippen LogP) is 5.81. The van der Waals surface area contributed by atoms with E-state index >= 15 is 0 Å². The van der Waals surface area contributed by atoms with Crippen LogP contribution in [0.2, 0.25) is 0 Å². The molecule has 2 aliphatic rings. The Morgan fingerprint density at radius 3 is 2.73 bits per heavy atom. The summed E-state index contributed by atoms with van der Waals surface area (Å²) in [6.07, 6.45) is 13.9. The topological polar surface area (TPSA) is 85.5 Å². The van der Waals surface area contributed by atoms with Crippen molar-refractivity contribution in [3.63, 3.8) is 0 Å². The second-order valence-electron chi connectivity index (χ2n) is 7.58. The van der Waals surface area contributed by atoms with Gasteiger partial charge in [-0.3, -0.25) is 0 Å². The van der Waals surface area contributed by atoms with Crippen LogP contribution in [-0.2, 0) is 17.8 Å². The number of hydrogen-bond acceptors (Lipinski definition) is 5. The van der Waals surface area contributed by atoms with Gasteiger partial charge in [-0.1, -0.05) is 50.8 Å².